The van der Waals surface area contributed by atoms with Crippen LogP contribution in [-0.2, 0) is 13.0 Å². The second-order valence-electron chi connectivity index (χ2n) is 7.83. The molecular formula is C25H25N5O2S. The molecule has 4 aromatic rings. The van der Waals surface area contributed by atoms with Gasteiger partial charge in [0.15, 0.2) is 5.13 Å². The summed E-state index contributed by atoms with van der Waals surface area (Å²) in [6.07, 6.45) is 2.67. The highest BCUT2D eigenvalue weighted by atomic mass is 32.1. The highest BCUT2D eigenvalue weighted by Crippen LogP contribution is 2.33. The number of rotatable bonds is 6. The van der Waals surface area contributed by atoms with Crippen LogP contribution in [0, 0.1) is 0 Å². The number of carbonyl (C=O) groups excluding carboxylic acids is 1. The third kappa shape index (κ3) is 4.27. The van der Waals surface area contributed by atoms with E-state index in [4.69, 9.17) is 14.8 Å². The largest absolute Gasteiger partial charge is 0.496 e. The van der Waals surface area contributed by atoms with E-state index < -0.39 is 0 Å². The summed E-state index contributed by atoms with van der Waals surface area (Å²) in [5.74, 6) is 0.422. The number of thiazole rings is 1. The van der Waals surface area contributed by atoms with Crippen LogP contribution in [0.5, 0.6) is 5.75 Å². The molecule has 1 amide bonds. The third-order valence-corrected chi connectivity index (χ3v) is 6.82. The lowest BCUT2D eigenvalue weighted by Crippen LogP contribution is -2.29. The van der Waals surface area contributed by atoms with E-state index in [9.17, 15) is 4.79 Å². The Morgan fingerprint density at radius 2 is 1.94 bits per heavy atom. The van der Waals surface area contributed by atoms with E-state index in [1.54, 1.807) is 29.3 Å². The van der Waals surface area contributed by atoms with Crippen LogP contribution in [0.4, 0.5) is 5.13 Å². The van der Waals surface area contributed by atoms with E-state index in [2.05, 4.69) is 17.1 Å². The zero-order chi connectivity index (χ0) is 22.8. The minimum Gasteiger partial charge on any atom is -0.496 e. The van der Waals surface area contributed by atoms with E-state index in [1.807, 2.05) is 54.6 Å². The van der Waals surface area contributed by atoms with Gasteiger partial charge in [0.05, 0.1) is 24.1 Å². The molecule has 168 valence electrons. The summed E-state index contributed by atoms with van der Waals surface area (Å²) in [4.78, 5) is 21.7. The molecule has 0 saturated carbocycles. The molecule has 0 bridgehead atoms. The van der Waals surface area contributed by atoms with Crippen molar-refractivity contribution in [3.63, 3.8) is 0 Å². The minimum absolute atomic E-state index is 0.239. The van der Waals surface area contributed by atoms with Crippen molar-refractivity contribution in [1.82, 2.24) is 19.7 Å². The number of nitrogens with zero attached hydrogens (tertiary/aromatic N) is 4. The van der Waals surface area contributed by atoms with Crippen molar-refractivity contribution in [2.45, 2.75) is 19.9 Å². The Morgan fingerprint density at radius 3 is 2.73 bits per heavy atom. The minimum atomic E-state index is -0.239. The molecule has 0 fully saturated rings. The number of hydrogen-bond acceptors (Lipinski definition) is 6. The Balaban J connectivity index is 1.51. The summed E-state index contributed by atoms with van der Waals surface area (Å²) in [7, 11) is 1.62. The number of carbonyl (C=O) groups is 1. The van der Waals surface area contributed by atoms with Gasteiger partial charge in [-0.2, -0.15) is 5.10 Å². The first-order chi connectivity index (χ1) is 16.2. The molecule has 8 heteroatoms. The molecule has 0 saturated heterocycles. The molecule has 0 spiro atoms. The van der Waals surface area contributed by atoms with Crippen LogP contribution < -0.4 is 10.1 Å². The number of para-hydroxylation sites is 2. The van der Waals surface area contributed by atoms with Gasteiger partial charge in [0.2, 0.25) is 0 Å². The molecule has 7 nitrogen and oxygen atoms in total. The van der Waals surface area contributed by atoms with Crippen LogP contribution in [0.15, 0.2) is 60.8 Å². The highest BCUT2D eigenvalue weighted by Gasteiger charge is 2.24. The normalized spacial score (nSPS) is 13.5. The fourth-order valence-electron chi connectivity index (χ4n) is 4.03. The lowest BCUT2D eigenvalue weighted by Gasteiger charge is -2.23. The Bertz CT molecular complexity index is 1280. The van der Waals surface area contributed by atoms with Crippen LogP contribution in [0.25, 0.3) is 16.9 Å². The predicted molar refractivity (Wildman–Crippen MR) is 130 cm³/mol. The van der Waals surface area contributed by atoms with Gasteiger partial charge in [-0.3, -0.25) is 15.0 Å². The summed E-state index contributed by atoms with van der Waals surface area (Å²) < 4.78 is 7.27. The number of amides is 1. The SMILES string of the molecule is CCN1CCc2nc(NC(=O)c3cn(-c4ccccc4)nc3-c3ccccc3OC)sc2C1. The number of methoxy groups -OCH3 is 1. The number of anilines is 1. The maximum atomic E-state index is 13.4. The lowest BCUT2D eigenvalue weighted by molar-refractivity contribution is 0.102. The fourth-order valence-corrected chi connectivity index (χ4v) is 5.07. The van der Waals surface area contributed by atoms with Gasteiger partial charge in [0.1, 0.15) is 11.4 Å². The van der Waals surface area contributed by atoms with Gasteiger partial charge in [0, 0.05) is 36.1 Å². The Morgan fingerprint density at radius 1 is 1.15 bits per heavy atom. The van der Waals surface area contributed by atoms with Crippen molar-refractivity contribution in [2.75, 3.05) is 25.5 Å². The zero-order valence-corrected chi connectivity index (χ0v) is 19.4. The molecule has 0 radical (unpaired) electrons. The van der Waals surface area contributed by atoms with Crippen molar-refractivity contribution >= 4 is 22.4 Å². The average Bonchev–Trinajstić information content (AvgIpc) is 3.48. The number of aromatic nitrogens is 3. The van der Waals surface area contributed by atoms with Crippen LogP contribution in [0.2, 0.25) is 0 Å². The molecule has 33 heavy (non-hydrogen) atoms. The lowest BCUT2D eigenvalue weighted by atomic mass is 10.1. The van der Waals surface area contributed by atoms with Gasteiger partial charge in [-0.25, -0.2) is 9.67 Å². The number of benzene rings is 2. The fraction of sp³-hybridized carbons (Fsp3) is 0.240. The molecular weight excluding hydrogens is 434 g/mol. The van der Waals surface area contributed by atoms with Gasteiger partial charge in [-0.15, -0.1) is 11.3 Å². The van der Waals surface area contributed by atoms with Gasteiger partial charge >= 0.3 is 0 Å². The van der Waals surface area contributed by atoms with Crippen LogP contribution in [-0.4, -0.2) is 45.8 Å². The summed E-state index contributed by atoms with van der Waals surface area (Å²) in [6, 6.07) is 17.3. The highest BCUT2D eigenvalue weighted by molar-refractivity contribution is 7.15. The monoisotopic (exact) mass is 459 g/mol. The summed E-state index contributed by atoms with van der Waals surface area (Å²) >= 11 is 1.55. The average molecular weight is 460 g/mol. The summed E-state index contributed by atoms with van der Waals surface area (Å²) in [5, 5.41) is 8.40. The zero-order valence-electron chi connectivity index (χ0n) is 18.6. The predicted octanol–water partition coefficient (Wildman–Crippen LogP) is 4.63. The van der Waals surface area contributed by atoms with E-state index >= 15 is 0 Å². The van der Waals surface area contributed by atoms with E-state index in [0.717, 1.165) is 43.0 Å². The number of likely N-dealkylation sites (N-methyl/N-ethyl adjacent to an activating group) is 1. The van der Waals surface area contributed by atoms with Gasteiger partial charge < -0.3 is 4.74 Å². The van der Waals surface area contributed by atoms with Gasteiger partial charge in [0.25, 0.3) is 5.91 Å². The second-order valence-corrected chi connectivity index (χ2v) is 8.92. The first kappa shape index (κ1) is 21.4. The maximum absolute atomic E-state index is 13.4. The van der Waals surface area contributed by atoms with E-state index in [1.165, 1.54) is 4.88 Å². The Hall–Kier alpha value is -3.49. The molecule has 0 aliphatic carbocycles. The van der Waals surface area contributed by atoms with Crippen LogP contribution >= 0.6 is 11.3 Å². The standard InChI is InChI=1S/C25H25N5O2S/c1-3-29-14-13-20-22(16-29)33-25(26-20)27-24(31)19-15-30(17-9-5-4-6-10-17)28-23(19)18-11-7-8-12-21(18)32-2/h4-12,15H,3,13-14,16H2,1-2H3,(H,26,27,31). The third-order valence-electron chi connectivity index (χ3n) is 5.82. The molecule has 0 unspecified atom stereocenters. The smallest absolute Gasteiger partial charge is 0.261 e. The molecule has 3 heterocycles. The van der Waals surface area contributed by atoms with E-state index in [-0.39, 0.29) is 5.91 Å². The maximum Gasteiger partial charge on any atom is 0.261 e. The molecule has 1 N–H and O–H groups in total. The first-order valence-electron chi connectivity index (χ1n) is 11.0. The molecule has 2 aromatic carbocycles. The van der Waals surface area contributed by atoms with Crippen LogP contribution in [0.3, 0.4) is 0 Å². The second kappa shape index (κ2) is 9.17. The number of hydrogen-bond donors (Lipinski definition) is 1. The summed E-state index contributed by atoms with van der Waals surface area (Å²) in [5.41, 5.74) is 3.75. The van der Waals surface area contributed by atoms with Crippen molar-refractivity contribution in [1.29, 1.82) is 0 Å². The Kier molecular flexibility index (Phi) is 5.93. The number of fused-ring (bicyclic) bond motifs is 1. The van der Waals surface area contributed by atoms with Crippen molar-refractivity contribution < 1.29 is 9.53 Å². The van der Waals surface area contributed by atoms with Gasteiger partial charge in [-0.1, -0.05) is 37.3 Å². The molecule has 5 rings (SSSR count). The van der Waals surface area contributed by atoms with Gasteiger partial charge in [-0.05, 0) is 30.8 Å². The van der Waals surface area contributed by atoms with Crippen molar-refractivity contribution in [3.8, 4) is 22.7 Å². The van der Waals surface area contributed by atoms with Crippen LogP contribution in [0.1, 0.15) is 27.9 Å². The van der Waals surface area contributed by atoms with Crippen molar-refractivity contribution in [2.24, 2.45) is 0 Å². The first-order valence-corrected chi connectivity index (χ1v) is 11.8. The number of ether oxygens (including phenoxy) is 1. The van der Waals surface area contributed by atoms with Crippen molar-refractivity contribution in [3.05, 3.63) is 76.9 Å². The molecule has 0 atom stereocenters. The molecule has 1 aliphatic rings. The molecule has 1 aliphatic heterocycles. The number of nitrogens with one attached hydrogen (secondary N) is 1. The quantitative estimate of drug-likeness (QED) is 0.455. The topological polar surface area (TPSA) is 72.3 Å². The van der Waals surface area contributed by atoms with E-state index in [0.29, 0.717) is 22.1 Å². The summed E-state index contributed by atoms with van der Waals surface area (Å²) in [6.45, 7) is 5.07. The molecule has 2 aromatic heterocycles. The Labute approximate surface area is 196 Å².